The molecule has 0 amide bonds. The van der Waals surface area contributed by atoms with Gasteiger partial charge in [-0.3, -0.25) is 4.90 Å². The van der Waals surface area contributed by atoms with Crippen LogP contribution in [0.2, 0.25) is 0 Å². The van der Waals surface area contributed by atoms with Crippen LogP contribution in [0.1, 0.15) is 47.8 Å². The molecule has 4 atom stereocenters. The second-order valence-corrected chi connectivity index (χ2v) is 7.52. The fraction of sp³-hybridized carbons (Fsp3) is 0.455. The lowest BCUT2D eigenvalue weighted by atomic mass is 9.72. The highest BCUT2D eigenvalue weighted by Gasteiger charge is 2.46. The number of nitrogens with zero attached hydrogens (tertiary/aromatic N) is 1. The van der Waals surface area contributed by atoms with Crippen LogP contribution < -0.4 is 4.74 Å². The zero-order valence-electron chi connectivity index (χ0n) is 14.9. The Morgan fingerprint density at radius 1 is 0.917 bits per heavy atom. The molecule has 2 aliphatic heterocycles. The van der Waals surface area contributed by atoms with Gasteiger partial charge in [0.05, 0.1) is 7.11 Å². The lowest BCUT2D eigenvalue weighted by Crippen LogP contribution is -2.44. The molecular weight excluding hydrogens is 294 g/mol. The van der Waals surface area contributed by atoms with Crippen LogP contribution in [0.15, 0.2) is 48.5 Å². The van der Waals surface area contributed by atoms with E-state index in [0.717, 1.165) is 11.8 Å². The van der Waals surface area contributed by atoms with Gasteiger partial charge in [-0.25, -0.2) is 0 Å². The molecule has 0 aromatic heterocycles. The molecule has 2 nitrogen and oxygen atoms in total. The van der Waals surface area contributed by atoms with Gasteiger partial charge in [0.1, 0.15) is 5.75 Å². The summed E-state index contributed by atoms with van der Waals surface area (Å²) < 4.78 is 5.35. The Labute approximate surface area is 145 Å². The maximum absolute atomic E-state index is 5.35. The van der Waals surface area contributed by atoms with E-state index in [1.54, 1.807) is 7.11 Å². The first-order valence-corrected chi connectivity index (χ1v) is 9.10. The van der Waals surface area contributed by atoms with Crippen molar-refractivity contribution in [3.63, 3.8) is 0 Å². The van der Waals surface area contributed by atoms with Crippen molar-refractivity contribution in [2.45, 2.75) is 50.1 Å². The Kier molecular flexibility index (Phi) is 4.09. The fourth-order valence-electron chi connectivity index (χ4n) is 4.90. The Balaban J connectivity index is 1.73. The normalized spacial score (nSPS) is 29.6. The maximum atomic E-state index is 5.35. The van der Waals surface area contributed by atoms with Gasteiger partial charge in [0.25, 0.3) is 0 Å². The van der Waals surface area contributed by atoms with E-state index in [2.05, 4.69) is 67.4 Å². The number of piperidine rings is 1. The van der Waals surface area contributed by atoms with Gasteiger partial charge in [0.2, 0.25) is 0 Å². The molecule has 2 heterocycles. The second-order valence-electron chi connectivity index (χ2n) is 7.52. The van der Waals surface area contributed by atoms with Crippen molar-refractivity contribution in [2.24, 2.45) is 0 Å². The summed E-state index contributed by atoms with van der Waals surface area (Å²) in [5.41, 5.74) is 4.31. The predicted octanol–water partition coefficient (Wildman–Crippen LogP) is 4.74. The van der Waals surface area contributed by atoms with E-state index in [4.69, 9.17) is 4.74 Å². The van der Waals surface area contributed by atoms with Gasteiger partial charge in [0, 0.05) is 18.0 Å². The van der Waals surface area contributed by atoms with Gasteiger partial charge in [-0.1, -0.05) is 42.0 Å². The van der Waals surface area contributed by atoms with E-state index >= 15 is 0 Å². The monoisotopic (exact) mass is 321 g/mol. The van der Waals surface area contributed by atoms with Crippen molar-refractivity contribution in [1.29, 1.82) is 0 Å². The van der Waals surface area contributed by atoms with Crippen molar-refractivity contribution >= 4 is 0 Å². The number of benzene rings is 2. The summed E-state index contributed by atoms with van der Waals surface area (Å²) in [7, 11) is 4.06. The van der Waals surface area contributed by atoms with Crippen molar-refractivity contribution in [1.82, 2.24) is 4.90 Å². The fourth-order valence-corrected chi connectivity index (χ4v) is 4.90. The quantitative estimate of drug-likeness (QED) is 0.810. The number of aryl methyl sites for hydroxylation is 1. The minimum atomic E-state index is 0.572. The van der Waals surface area contributed by atoms with Gasteiger partial charge in [-0.2, -0.15) is 0 Å². The summed E-state index contributed by atoms with van der Waals surface area (Å²) in [4.78, 5) is 2.64. The summed E-state index contributed by atoms with van der Waals surface area (Å²) >= 11 is 0. The van der Waals surface area contributed by atoms with Crippen LogP contribution in [-0.4, -0.2) is 31.1 Å². The third kappa shape index (κ3) is 2.63. The zero-order valence-corrected chi connectivity index (χ0v) is 14.9. The SMILES string of the molecule is COc1ccc(C2C3CC[C@H](C[C@@H]2c2ccc(C)cc2)N3C)cc1. The Hall–Kier alpha value is -1.80. The summed E-state index contributed by atoms with van der Waals surface area (Å²) in [5, 5.41) is 0. The van der Waals surface area contributed by atoms with Crippen molar-refractivity contribution in [2.75, 3.05) is 14.2 Å². The maximum Gasteiger partial charge on any atom is 0.118 e. The van der Waals surface area contributed by atoms with Gasteiger partial charge < -0.3 is 4.74 Å². The molecular formula is C22H27NO. The van der Waals surface area contributed by atoms with Crippen LogP contribution in [0.25, 0.3) is 0 Å². The third-order valence-corrected chi connectivity index (χ3v) is 6.27. The minimum absolute atomic E-state index is 0.572. The largest absolute Gasteiger partial charge is 0.497 e. The summed E-state index contributed by atoms with van der Waals surface area (Å²) in [6, 6.07) is 19.4. The molecule has 0 aliphatic carbocycles. The Morgan fingerprint density at radius 3 is 2.25 bits per heavy atom. The molecule has 2 aromatic rings. The van der Waals surface area contributed by atoms with E-state index in [-0.39, 0.29) is 0 Å². The molecule has 0 radical (unpaired) electrons. The summed E-state index contributed by atoms with van der Waals surface area (Å²) in [5.74, 6) is 2.13. The molecule has 0 spiro atoms. The zero-order chi connectivity index (χ0) is 16.7. The molecule has 2 aliphatic rings. The van der Waals surface area contributed by atoms with Gasteiger partial charge in [0.15, 0.2) is 0 Å². The molecule has 4 rings (SSSR count). The van der Waals surface area contributed by atoms with Gasteiger partial charge >= 0.3 is 0 Å². The number of methoxy groups -OCH3 is 1. The first kappa shape index (κ1) is 15.7. The third-order valence-electron chi connectivity index (χ3n) is 6.27. The van der Waals surface area contributed by atoms with Crippen LogP contribution in [0.5, 0.6) is 5.75 Å². The lowest BCUT2D eigenvalue weighted by Gasteiger charge is -2.43. The van der Waals surface area contributed by atoms with E-state index in [1.165, 1.54) is 36.0 Å². The van der Waals surface area contributed by atoms with Crippen molar-refractivity contribution in [3.05, 3.63) is 65.2 Å². The predicted molar refractivity (Wildman–Crippen MR) is 98.8 cm³/mol. The minimum Gasteiger partial charge on any atom is -0.497 e. The number of ether oxygens (including phenoxy) is 1. The van der Waals surface area contributed by atoms with Crippen LogP contribution in [-0.2, 0) is 0 Å². The molecule has 0 saturated carbocycles. The molecule has 2 heteroatoms. The van der Waals surface area contributed by atoms with Crippen molar-refractivity contribution < 1.29 is 4.74 Å². The average molecular weight is 321 g/mol. The van der Waals surface area contributed by atoms with Crippen LogP contribution in [0.4, 0.5) is 0 Å². The van der Waals surface area contributed by atoms with Gasteiger partial charge in [-0.05, 0) is 62.4 Å². The highest BCUT2D eigenvalue weighted by molar-refractivity contribution is 5.36. The standard InChI is InChI=1S/C22H27NO/c1-15-4-6-16(7-5-15)20-14-18-10-13-21(23(18)2)22(20)17-8-11-19(24-3)12-9-17/h4-9,11-12,18,20-22H,10,13-14H2,1-3H3/t18-,20-,21?,22?/m1/s1. The van der Waals surface area contributed by atoms with E-state index in [9.17, 15) is 0 Å². The first-order chi connectivity index (χ1) is 11.7. The van der Waals surface area contributed by atoms with E-state index in [0.29, 0.717) is 17.9 Å². The number of rotatable bonds is 3. The number of fused-ring (bicyclic) bond motifs is 2. The Morgan fingerprint density at radius 2 is 1.58 bits per heavy atom. The second kappa shape index (κ2) is 6.25. The number of hydrogen-bond acceptors (Lipinski definition) is 2. The molecule has 24 heavy (non-hydrogen) atoms. The molecule has 2 unspecified atom stereocenters. The topological polar surface area (TPSA) is 12.5 Å². The van der Waals surface area contributed by atoms with Crippen molar-refractivity contribution in [3.8, 4) is 5.75 Å². The van der Waals surface area contributed by atoms with Gasteiger partial charge in [-0.15, -0.1) is 0 Å². The molecule has 2 fully saturated rings. The molecule has 2 saturated heterocycles. The van der Waals surface area contributed by atoms with Crippen LogP contribution in [0.3, 0.4) is 0 Å². The van der Waals surface area contributed by atoms with Crippen LogP contribution >= 0.6 is 0 Å². The van der Waals surface area contributed by atoms with E-state index in [1.807, 2.05) is 0 Å². The molecule has 2 aromatic carbocycles. The number of likely N-dealkylation sites (N-methyl/N-ethyl adjacent to an activating group) is 1. The molecule has 126 valence electrons. The van der Waals surface area contributed by atoms with Crippen LogP contribution in [0, 0.1) is 6.92 Å². The smallest absolute Gasteiger partial charge is 0.118 e. The summed E-state index contributed by atoms with van der Waals surface area (Å²) in [6.45, 7) is 2.17. The highest BCUT2D eigenvalue weighted by atomic mass is 16.5. The number of hydrogen-bond donors (Lipinski definition) is 0. The molecule has 0 N–H and O–H groups in total. The lowest BCUT2D eigenvalue weighted by molar-refractivity contribution is 0.137. The van der Waals surface area contributed by atoms with E-state index < -0.39 is 0 Å². The average Bonchev–Trinajstić information content (AvgIpc) is 2.85. The molecule has 2 bridgehead atoms. The first-order valence-electron chi connectivity index (χ1n) is 9.10. The highest BCUT2D eigenvalue weighted by Crippen LogP contribution is 2.50. The summed E-state index contributed by atoms with van der Waals surface area (Å²) in [6.07, 6.45) is 3.93. The Bertz CT molecular complexity index is 691.